The van der Waals surface area contributed by atoms with Crippen LogP contribution in [0.2, 0.25) is 0 Å². The molecule has 2 rings (SSSR count). The Labute approximate surface area is 196 Å². The molecule has 6 heteroatoms. The van der Waals surface area contributed by atoms with Gasteiger partial charge >= 0.3 is 0 Å². The average molecular weight is 476 g/mol. The van der Waals surface area contributed by atoms with Gasteiger partial charge in [0, 0.05) is 16.2 Å². The lowest BCUT2D eigenvalue weighted by molar-refractivity contribution is 0.227. The van der Waals surface area contributed by atoms with E-state index in [0.717, 1.165) is 10.5 Å². The highest BCUT2D eigenvalue weighted by atomic mass is 32.3. The maximum Gasteiger partial charge on any atom is 0.243 e. The van der Waals surface area contributed by atoms with Gasteiger partial charge in [-0.25, -0.2) is 8.42 Å². The molecule has 0 aliphatic carbocycles. The van der Waals surface area contributed by atoms with Gasteiger partial charge in [0.05, 0.1) is 17.5 Å². The second-order valence-corrected chi connectivity index (χ2v) is 14.4. The maximum absolute atomic E-state index is 13.5. The molecule has 32 heavy (non-hydrogen) atoms. The lowest BCUT2D eigenvalue weighted by Gasteiger charge is -2.48. The number of hydrogen-bond acceptors (Lipinski definition) is 3. The van der Waals surface area contributed by atoms with E-state index in [-0.39, 0.29) is 22.8 Å². The van der Waals surface area contributed by atoms with Crippen LogP contribution < -0.4 is 0 Å². The highest BCUT2D eigenvalue weighted by molar-refractivity contribution is 8.30. The topological polar surface area (TPSA) is 46.6 Å². The van der Waals surface area contributed by atoms with Crippen molar-refractivity contribution >= 4 is 20.3 Å². The molecule has 0 radical (unpaired) electrons. The van der Waals surface area contributed by atoms with Gasteiger partial charge in [-0.3, -0.25) is 0 Å². The molecule has 0 N–H and O–H groups in total. The van der Waals surface area contributed by atoms with E-state index in [1.54, 1.807) is 24.3 Å². The van der Waals surface area contributed by atoms with E-state index >= 15 is 0 Å². The summed E-state index contributed by atoms with van der Waals surface area (Å²) in [5.74, 6) is 0. The zero-order valence-electron chi connectivity index (χ0n) is 20.0. The summed E-state index contributed by atoms with van der Waals surface area (Å²) in [6, 6.07) is 16.7. The molecule has 0 saturated carbocycles. The summed E-state index contributed by atoms with van der Waals surface area (Å²) >= 11 is 0. The Hall–Kier alpha value is -1.86. The van der Waals surface area contributed by atoms with E-state index in [1.807, 2.05) is 37.3 Å². The maximum atomic E-state index is 13.5. The monoisotopic (exact) mass is 475 g/mol. The van der Waals surface area contributed by atoms with E-state index < -0.39 is 26.4 Å². The van der Waals surface area contributed by atoms with Crippen LogP contribution in [0.3, 0.4) is 0 Å². The summed E-state index contributed by atoms with van der Waals surface area (Å²) in [5.41, 5.74) is 1.01. The van der Waals surface area contributed by atoms with Crippen LogP contribution in [0.25, 0.3) is 0 Å². The lowest BCUT2D eigenvalue weighted by Crippen LogP contribution is -2.43. The van der Waals surface area contributed by atoms with Crippen molar-refractivity contribution in [3.05, 3.63) is 85.5 Å². The Morgan fingerprint density at radius 3 is 2.06 bits per heavy atom. The fourth-order valence-electron chi connectivity index (χ4n) is 3.37. The van der Waals surface area contributed by atoms with Crippen LogP contribution in [-0.2, 0) is 14.2 Å². The van der Waals surface area contributed by atoms with Gasteiger partial charge in [-0.05, 0) is 43.9 Å². The fourth-order valence-corrected chi connectivity index (χ4v) is 7.27. The van der Waals surface area contributed by atoms with Crippen molar-refractivity contribution in [3.8, 4) is 0 Å². The van der Waals surface area contributed by atoms with Gasteiger partial charge in [0.1, 0.15) is 0 Å². The van der Waals surface area contributed by atoms with Gasteiger partial charge < -0.3 is 4.18 Å². The number of nitrogens with zero attached hydrogens (tertiary/aromatic N) is 1. The molecule has 0 aliphatic rings. The minimum absolute atomic E-state index is 0.133. The standard InChI is InChI=1S/C26H37NO3S2/c1-8-13-23(21-30-31(7,26(4,5)6)24-14-11-10-12-15-24)27(20-9-2)32(28,29)25-18-16-22(3)17-19-25/h8-12,14-19,23H,1-2,13,20-21H2,3-7H3. The molecule has 0 aliphatic heterocycles. The first kappa shape index (κ1) is 26.4. The zero-order chi connectivity index (χ0) is 24.0. The Balaban J connectivity index is 2.42. The van der Waals surface area contributed by atoms with Gasteiger partial charge in [0.15, 0.2) is 0 Å². The van der Waals surface area contributed by atoms with Gasteiger partial charge in [0.25, 0.3) is 0 Å². The summed E-state index contributed by atoms with van der Waals surface area (Å²) < 4.78 is 35.1. The predicted molar refractivity (Wildman–Crippen MR) is 138 cm³/mol. The smallest absolute Gasteiger partial charge is 0.243 e. The Morgan fingerprint density at radius 2 is 1.56 bits per heavy atom. The van der Waals surface area contributed by atoms with Gasteiger partial charge in [-0.15, -0.1) is 23.5 Å². The number of aryl methyl sites for hydroxylation is 1. The van der Waals surface area contributed by atoms with Crippen molar-refractivity contribution in [1.82, 2.24) is 4.31 Å². The van der Waals surface area contributed by atoms with E-state index in [1.165, 1.54) is 4.31 Å². The number of benzene rings is 2. The Bertz CT molecular complexity index is 996. The summed E-state index contributed by atoms with van der Waals surface area (Å²) in [5, 5.41) is 0. The van der Waals surface area contributed by atoms with E-state index in [9.17, 15) is 8.42 Å². The predicted octanol–water partition coefficient (Wildman–Crippen LogP) is 6.34. The fraction of sp³-hybridized carbons (Fsp3) is 0.385. The normalized spacial score (nSPS) is 16.2. The van der Waals surface area contributed by atoms with Crippen LogP contribution >= 0.6 is 10.3 Å². The molecule has 0 spiro atoms. The van der Waals surface area contributed by atoms with E-state index in [2.05, 4.69) is 52.3 Å². The molecule has 2 atom stereocenters. The van der Waals surface area contributed by atoms with Crippen LogP contribution in [-0.4, -0.2) is 42.9 Å². The molecule has 0 amide bonds. The van der Waals surface area contributed by atoms with Crippen LogP contribution in [0.4, 0.5) is 0 Å². The molecule has 0 heterocycles. The Kier molecular flexibility index (Phi) is 8.94. The van der Waals surface area contributed by atoms with E-state index in [0.29, 0.717) is 6.42 Å². The van der Waals surface area contributed by atoms with Crippen molar-refractivity contribution in [2.45, 2.75) is 54.7 Å². The zero-order valence-corrected chi connectivity index (χ0v) is 21.6. The number of rotatable bonds is 11. The van der Waals surface area contributed by atoms with Crippen LogP contribution in [0.15, 0.2) is 89.7 Å². The minimum atomic E-state index is -3.73. The highest BCUT2D eigenvalue weighted by Crippen LogP contribution is 2.63. The van der Waals surface area contributed by atoms with Gasteiger partial charge in [0.2, 0.25) is 10.0 Å². The molecular weight excluding hydrogens is 438 g/mol. The molecule has 0 aromatic heterocycles. The SMILES string of the molecule is C=CCC(COS(C)(c1ccccc1)C(C)(C)C)N(CC=C)S(=O)(=O)c1ccc(C)cc1. The van der Waals surface area contributed by atoms with Crippen molar-refractivity contribution in [2.24, 2.45) is 0 Å². The Morgan fingerprint density at radius 1 is 0.969 bits per heavy atom. The van der Waals surface area contributed by atoms with Crippen molar-refractivity contribution in [2.75, 3.05) is 19.4 Å². The lowest BCUT2D eigenvalue weighted by atomic mass is 10.2. The third-order valence-electron chi connectivity index (χ3n) is 5.64. The molecular formula is C26H37NO3S2. The molecule has 4 nitrogen and oxygen atoms in total. The van der Waals surface area contributed by atoms with Crippen LogP contribution in [0, 0.1) is 6.92 Å². The van der Waals surface area contributed by atoms with Crippen LogP contribution in [0.5, 0.6) is 0 Å². The minimum Gasteiger partial charge on any atom is -0.330 e. The van der Waals surface area contributed by atoms with Crippen molar-refractivity contribution < 1.29 is 12.6 Å². The third kappa shape index (κ3) is 5.93. The summed E-state index contributed by atoms with van der Waals surface area (Å²) in [6.45, 7) is 16.6. The van der Waals surface area contributed by atoms with Crippen molar-refractivity contribution in [3.63, 3.8) is 0 Å². The summed E-state index contributed by atoms with van der Waals surface area (Å²) in [7, 11) is -5.42. The number of sulfonamides is 1. The van der Waals surface area contributed by atoms with E-state index in [4.69, 9.17) is 4.18 Å². The quantitative estimate of drug-likeness (QED) is 0.356. The third-order valence-corrected chi connectivity index (χ3v) is 11.7. The molecule has 176 valence electrons. The first-order chi connectivity index (χ1) is 15.0. The molecule has 0 fully saturated rings. The summed E-state index contributed by atoms with van der Waals surface area (Å²) in [6.07, 6.45) is 6.00. The van der Waals surface area contributed by atoms with Crippen LogP contribution in [0.1, 0.15) is 32.8 Å². The summed E-state index contributed by atoms with van der Waals surface area (Å²) in [4.78, 5) is 1.41. The molecule has 0 saturated heterocycles. The number of hydrogen-bond donors (Lipinski definition) is 0. The molecule has 0 bridgehead atoms. The van der Waals surface area contributed by atoms with Gasteiger partial charge in [-0.1, -0.05) is 68.8 Å². The second kappa shape index (κ2) is 10.8. The first-order valence-corrected chi connectivity index (χ1v) is 14.2. The molecule has 2 unspecified atom stereocenters. The average Bonchev–Trinajstić information content (AvgIpc) is 2.75. The van der Waals surface area contributed by atoms with Crippen molar-refractivity contribution in [1.29, 1.82) is 0 Å². The first-order valence-electron chi connectivity index (χ1n) is 10.7. The highest BCUT2D eigenvalue weighted by Gasteiger charge is 2.38. The molecule has 2 aromatic rings. The largest absolute Gasteiger partial charge is 0.330 e. The molecule has 2 aromatic carbocycles. The second-order valence-electron chi connectivity index (χ2n) is 8.91. The van der Waals surface area contributed by atoms with Gasteiger partial charge in [-0.2, -0.15) is 4.31 Å².